The molecular formula is C23H25FN4O3. The summed E-state index contributed by atoms with van der Waals surface area (Å²) in [5.74, 6) is -0.644. The largest absolute Gasteiger partial charge is 0.444 e. The number of carbonyl (C=O) groups is 2. The van der Waals surface area contributed by atoms with E-state index < -0.39 is 11.7 Å². The van der Waals surface area contributed by atoms with Crippen molar-refractivity contribution in [1.82, 2.24) is 9.78 Å². The van der Waals surface area contributed by atoms with Gasteiger partial charge in [-0.25, -0.2) is 13.9 Å². The van der Waals surface area contributed by atoms with Gasteiger partial charge in [0.2, 0.25) is 0 Å². The van der Waals surface area contributed by atoms with Gasteiger partial charge < -0.3 is 10.1 Å². The number of carbonyl (C=O) groups excluding carboxylic acids is 2. The van der Waals surface area contributed by atoms with Crippen LogP contribution in [0.25, 0.3) is 5.69 Å². The van der Waals surface area contributed by atoms with Crippen LogP contribution in [0.3, 0.4) is 0 Å². The first-order valence-electron chi connectivity index (χ1n) is 9.90. The number of nitrogens with zero attached hydrogens (tertiary/aromatic N) is 2. The molecular weight excluding hydrogens is 399 g/mol. The number of anilines is 2. The van der Waals surface area contributed by atoms with E-state index in [-0.39, 0.29) is 11.7 Å². The lowest BCUT2D eigenvalue weighted by Gasteiger charge is -2.19. The molecule has 0 bridgehead atoms. The van der Waals surface area contributed by atoms with Crippen LogP contribution in [0.2, 0.25) is 0 Å². The Morgan fingerprint density at radius 1 is 1.00 bits per heavy atom. The molecule has 162 valence electrons. The summed E-state index contributed by atoms with van der Waals surface area (Å²) >= 11 is 0. The fourth-order valence-corrected chi connectivity index (χ4v) is 2.97. The lowest BCUT2D eigenvalue weighted by molar-refractivity contribution is 0.0635. The van der Waals surface area contributed by atoms with Crippen LogP contribution >= 0.6 is 0 Å². The molecule has 2 aromatic carbocycles. The minimum atomic E-state index is -0.590. The Morgan fingerprint density at radius 3 is 2.13 bits per heavy atom. The third kappa shape index (κ3) is 5.69. The first-order valence-corrected chi connectivity index (χ1v) is 9.90. The molecule has 0 fully saturated rings. The standard InChI is InChI=1S/C23H25FN4O3/c1-5-20-19(14-25-28(20)18-12-6-15(24)7-13-18)21(29)26-16-8-10-17(11-9-16)27-22(30)31-23(2,3)4/h6-14H,5H2,1-4H3,(H,26,29)(H,27,30). The molecule has 0 aliphatic rings. The van der Waals surface area contributed by atoms with Gasteiger partial charge in [-0.3, -0.25) is 10.1 Å². The zero-order chi connectivity index (χ0) is 22.6. The summed E-state index contributed by atoms with van der Waals surface area (Å²) in [6.45, 7) is 7.28. The Kier molecular flexibility index (Phi) is 6.39. The molecule has 3 aromatic rings. The van der Waals surface area contributed by atoms with E-state index in [1.54, 1.807) is 61.9 Å². The number of halogens is 1. The predicted octanol–water partition coefficient (Wildman–Crippen LogP) is 5.17. The summed E-state index contributed by atoms with van der Waals surface area (Å²) in [6, 6.07) is 12.6. The van der Waals surface area contributed by atoms with Crippen molar-refractivity contribution in [3.05, 3.63) is 71.8 Å². The molecule has 0 aliphatic carbocycles. The molecule has 1 aromatic heterocycles. The average Bonchev–Trinajstić information content (AvgIpc) is 3.13. The molecule has 31 heavy (non-hydrogen) atoms. The number of hydrogen-bond donors (Lipinski definition) is 2. The van der Waals surface area contributed by atoms with Crippen molar-refractivity contribution in [2.75, 3.05) is 10.6 Å². The van der Waals surface area contributed by atoms with E-state index in [1.165, 1.54) is 18.3 Å². The minimum absolute atomic E-state index is 0.307. The number of ether oxygens (including phenoxy) is 1. The minimum Gasteiger partial charge on any atom is -0.444 e. The highest BCUT2D eigenvalue weighted by atomic mass is 19.1. The van der Waals surface area contributed by atoms with Crippen molar-refractivity contribution < 1.29 is 18.7 Å². The van der Waals surface area contributed by atoms with E-state index in [0.717, 1.165) is 0 Å². The third-order valence-electron chi connectivity index (χ3n) is 4.31. The summed E-state index contributed by atoms with van der Waals surface area (Å²) in [5, 5.41) is 9.77. The number of hydrogen-bond acceptors (Lipinski definition) is 4. The van der Waals surface area contributed by atoms with Crippen LogP contribution in [0, 0.1) is 5.82 Å². The molecule has 1 heterocycles. The van der Waals surface area contributed by atoms with Gasteiger partial charge in [0, 0.05) is 11.4 Å². The molecule has 2 amide bonds. The molecule has 2 N–H and O–H groups in total. The molecule has 3 rings (SSSR count). The van der Waals surface area contributed by atoms with Gasteiger partial charge in [-0.2, -0.15) is 5.10 Å². The maximum atomic E-state index is 13.2. The summed E-state index contributed by atoms with van der Waals surface area (Å²) < 4.78 is 20.0. The maximum Gasteiger partial charge on any atom is 0.412 e. The van der Waals surface area contributed by atoms with Gasteiger partial charge in [0.1, 0.15) is 11.4 Å². The maximum absolute atomic E-state index is 13.2. The monoisotopic (exact) mass is 424 g/mol. The van der Waals surface area contributed by atoms with Gasteiger partial charge in [-0.05, 0) is 75.7 Å². The van der Waals surface area contributed by atoms with E-state index in [2.05, 4.69) is 15.7 Å². The molecule has 0 unspecified atom stereocenters. The fraction of sp³-hybridized carbons (Fsp3) is 0.261. The number of aromatic nitrogens is 2. The summed E-state index contributed by atoms with van der Waals surface area (Å²) in [4.78, 5) is 24.6. The van der Waals surface area contributed by atoms with E-state index >= 15 is 0 Å². The topological polar surface area (TPSA) is 85.2 Å². The number of nitrogens with one attached hydrogen (secondary N) is 2. The second-order valence-electron chi connectivity index (χ2n) is 7.91. The molecule has 8 heteroatoms. The van der Waals surface area contributed by atoms with E-state index in [4.69, 9.17) is 4.74 Å². The zero-order valence-corrected chi connectivity index (χ0v) is 17.9. The van der Waals surface area contributed by atoms with Gasteiger partial charge >= 0.3 is 6.09 Å². The van der Waals surface area contributed by atoms with Gasteiger partial charge in [-0.15, -0.1) is 0 Å². The van der Waals surface area contributed by atoms with Crippen molar-refractivity contribution in [2.24, 2.45) is 0 Å². The van der Waals surface area contributed by atoms with Crippen LogP contribution in [-0.4, -0.2) is 27.4 Å². The Bertz CT molecular complexity index is 1070. The van der Waals surface area contributed by atoms with Crippen LogP contribution in [0.4, 0.5) is 20.6 Å². The second kappa shape index (κ2) is 8.99. The average molecular weight is 424 g/mol. The quantitative estimate of drug-likeness (QED) is 0.591. The Labute approximate surface area is 180 Å². The summed E-state index contributed by atoms with van der Waals surface area (Å²) in [7, 11) is 0. The van der Waals surface area contributed by atoms with Gasteiger partial charge in [0.15, 0.2) is 0 Å². The smallest absolute Gasteiger partial charge is 0.412 e. The Hall–Kier alpha value is -3.68. The van der Waals surface area contributed by atoms with Crippen LogP contribution in [0.5, 0.6) is 0 Å². The zero-order valence-electron chi connectivity index (χ0n) is 17.9. The van der Waals surface area contributed by atoms with Crippen molar-refractivity contribution in [3.63, 3.8) is 0 Å². The molecule has 0 saturated carbocycles. The number of benzene rings is 2. The number of amides is 2. The predicted molar refractivity (Wildman–Crippen MR) is 117 cm³/mol. The lowest BCUT2D eigenvalue weighted by atomic mass is 10.1. The summed E-state index contributed by atoms with van der Waals surface area (Å²) in [5.41, 5.74) is 2.35. The van der Waals surface area contributed by atoms with E-state index in [0.29, 0.717) is 34.7 Å². The van der Waals surface area contributed by atoms with Crippen molar-refractivity contribution in [2.45, 2.75) is 39.7 Å². The fourth-order valence-electron chi connectivity index (χ4n) is 2.97. The molecule has 0 radical (unpaired) electrons. The molecule has 0 atom stereocenters. The van der Waals surface area contributed by atoms with E-state index in [9.17, 15) is 14.0 Å². The van der Waals surface area contributed by atoms with Crippen LogP contribution < -0.4 is 10.6 Å². The SMILES string of the molecule is CCc1c(C(=O)Nc2ccc(NC(=O)OC(C)(C)C)cc2)cnn1-c1ccc(F)cc1. The van der Waals surface area contributed by atoms with Crippen molar-refractivity contribution >= 4 is 23.4 Å². The summed E-state index contributed by atoms with van der Waals surface area (Å²) in [6.07, 6.45) is 1.51. The van der Waals surface area contributed by atoms with Crippen LogP contribution in [0.1, 0.15) is 43.7 Å². The van der Waals surface area contributed by atoms with Crippen molar-refractivity contribution in [1.29, 1.82) is 0 Å². The first kappa shape index (κ1) is 22.0. The van der Waals surface area contributed by atoms with Gasteiger partial charge in [-0.1, -0.05) is 6.92 Å². The first-order chi connectivity index (χ1) is 14.7. The van der Waals surface area contributed by atoms with Gasteiger partial charge in [0.05, 0.1) is 23.1 Å². The second-order valence-corrected chi connectivity index (χ2v) is 7.91. The van der Waals surface area contributed by atoms with Crippen LogP contribution in [0.15, 0.2) is 54.7 Å². The number of rotatable bonds is 5. The Balaban J connectivity index is 1.70. The molecule has 0 aliphatic heterocycles. The highest BCUT2D eigenvalue weighted by Crippen LogP contribution is 2.20. The van der Waals surface area contributed by atoms with Crippen LogP contribution in [-0.2, 0) is 11.2 Å². The van der Waals surface area contributed by atoms with Gasteiger partial charge in [0.25, 0.3) is 5.91 Å². The van der Waals surface area contributed by atoms with E-state index in [1.807, 2.05) is 6.92 Å². The molecule has 0 spiro atoms. The molecule has 7 nitrogen and oxygen atoms in total. The molecule has 0 saturated heterocycles. The highest BCUT2D eigenvalue weighted by molar-refractivity contribution is 6.05. The highest BCUT2D eigenvalue weighted by Gasteiger charge is 2.18. The normalized spacial score (nSPS) is 11.1. The lowest BCUT2D eigenvalue weighted by Crippen LogP contribution is -2.27. The van der Waals surface area contributed by atoms with Crippen molar-refractivity contribution in [3.8, 4) is 5.69 Å². The Morgan fingerprint density at radius 2 is 1.58 bits per heavy atom. The third-order valence-corrected chi connectivity index (χ3v) is 4.31.